The summed E-state index contributed by atoms with van der Waals surface area (Å²) in [6, 6.07) is 14.6. The van der Waals surface area contributed by atoms with E-state index >= 15 is 0 Å². The first-order chi connectivity index (χ1) is 16.7. The topological polar surface area (TPSA) is 119 Å². The number of ether oxygens (including phenoxy) is 1. The van der Waals surface area contributed by atoms with Crippen LogP contribution < -0.4 is 15.0 Å². The zero-order valence-electron chi connectivity index (χ0n) is 17.7. The van der Waals surface area contributed by atoms with Crippen molar-refractivity contribution in [3.63, 3.8) is 0 Å². The van der Waals surface area contributed by atoms with Gasteiger partial charge in [-0.15, -0.1) is 0 Å². The summed E-state index contributed by atoms with van der Waals surface area (Å²) in [5, 5.41) is 13.2. The van der Waals surface area contributed by atoms with Crippen molar-refractivity contribution in [3.8, 4) is 5.75 Å². The lowest BCUT2D eigenvalue weighted by atomic mass is 10.1. The van der Waals surface area contributed by atoms with E-state index in [1.165, 1.54) is 36.4 Å². The first-order valence-electron chi connectivity index (χ1n) is 10.1. The molecule has 1 heterocycles. The minimum atomic E-state index is -1.03. The Kier molecular flexibility index (Phi) is 6.69. The minimum Gasteiger partial charge on any atom is -0.488 e. The number of halogens is 2. The minimum absolute atomic E-state index is 0.0675. The number of non-ortho nitro benzene ring substituents is 1. The quantitative estimate of drug-likeness (QED) is 0.209. The number of hydrogen-bond acceptors (Lipinski definition) is 6. The Hall–Kier alpha value is -4.38. The summed E-state index contributed by atoms with van der Waals surface area (Å²) in [5.74, 6) is -1.94. The fourth-order valence-corrected chi connectivity index (χ4v) is 3.68. The first kappa shape index (κ1) is 23.8. The summed E-state index contributed by atoms with van der Waals surface area (Å²) in [6.45, 7) is 0.0938. The van der Waals surface area contributed by atoms with Crippen molar-refractivity contribution in [1.82, 2.24) is 5.32 Å². The number of nitrogens with one attached hydrogen (secondary N) is 1. The molecule has 0 aliphatic carbocycles. The van der Waals surface area contributed by atoms with E-state index in [0.29, 0.717) is 26.2 Å². The number of hydrogen-bond donors (Lipinski definition) is 1. The maximum atomic E-state index is 13.2. The van der Waals surface area contributed by atoms with Crippen LogP contribution in [0.15, 0.2) is 76.8 Å². The van der Waals surface area contributed by atoms with E-state index < -0.39 is 22.8 Å². The summed E-state index contributed by atoms with van der Waals surface area (Å²) in [6.07, 6.45) is 1.26. The summed E-state index contributed by atoms with van der Waals surface area (Å²) in [5.41, 5.74) is 0.284. The molecule has 0 saturated carbocycles. The number of carbonyl (C=O) groups excluding carboxylic acids is 3. The van der Waals surface area contributed by atoms with E-state index in [0.717, 1.165) is 6.07 Å². The van der Waals surface area contributed by atoms with E-state index in [1.54, 1.807) is 30.3 Å². The number of barbiturate groups is 1. The van der Waals surface area contributed by atoms with Crippen molar-refractivity contribution in [2.75, 3.05) is 4.90 Å². The number of imide groups is 2. The highest BCUT2D eigenvalue weighted by Crippen LogP contribution is 2.29. The smallest absolute Gasteiger partial charge is 0.335 e. The third-order valence-electron chi connectivity index (χ3n) is 4.98. The zero-order valence-corrected chi connectivity index (χ0v) is 19.3. The van der Waals surface area contributed by atoms with Crippen LogP contribution in [0.4, 0.5) is 20.6 Å². The average molecular weight is 540 g/mol. The molecule has 9 nitrogen and oxygen atoms in total. The molecule has 11 heteroatoms. The normalized spacial score (nSPS) is 14.7. The third-order valence-corrected chi connectivity index (χ3v) is 5.47. The van der Waals surface area contributed by atoms with Crippen LogP contribution in [-0.2, 0) is 16.2 Å². The predicted molar refractivity (Wildman–Crippen MR) is 127 cm³/mol. The number of amides is 4. The Bertz CT molecular complexity index is 1390. The van der Waals surface area contributed by atoms with Crippen LogP contribution in [0.2, 0.25) is 0 Å². The van der Waals surface area contributed by atoms with Crippen molar-refractivity contribution in [3.05, 3.63) is 104 Å². The molecule has 0 unspecified atom stereocenters. The van der Waals surface area contributed by atoms with Crippen LogP contribution in [0.1, 0.15) is 11.1 Å². The van der Waals surface area contributed by atoms with E-state index in [4.69, 9.17) is 4.74 Å². The second-order valence-corrected chi connectivity index (χ2v) is 8.25. The molecule has 176 valence electrons. The van der Waals surface area contributed by atoms with Crippen molar-refractivity contribution in [2.45, 2.75) is 6.61 Å². The Morgan fingerprint density at radius 3 is 2.51 bits per heavy atom. The first-order valence-corrected chi connectivity index (χ1v) is 10.8. The highest BCUT2D eigenvalue weighted by atomic mass is 79.9. The van der Waals surface area contributed by atoms with Gasteiger partial charge in [0.1, 0.15) is 23.7 Å². The van der Waals surface area contributed by atoms with Crippen LogP contribution in [0.25, 0.3) is 6.08 Å². The average Bonchev–Trinajstić information content (AvgIpc) is 2.82. The second kappa shape index (κ2) is 9.85. The van der Waals surface area contributed by atoms with Crippen LogP contribution in [-0.4, -0.2) is 22.8 Å². The number of carbonyl (C=O) groups is 3. The zero-order chi connectivity index (χ0) is 25.1. The number of urea groups is 1. The maximum Gasteiger partial charge on any atom is 0.335 e. The lowest BCUT2D eigenvalue weighted by molar-refractivity contribution is -0.384. The van der Waals surface area contributed by atoms with Gasteiger partial charge in [-0.05, 0) is 48.0 Å². The highest BCUT2D eigenvalue weighted by molar-refractivity contribution is 9.10. The van der Waals surface area contributed by atoms with Gasteiger partial charge in [0.2, 0.25) is 0 Å². The molecule has 0 bridgehead atoms. The fourth-order valence-electron chi connectivity index (χ4n) is 3.30. The van der Waals surface area contributed by atoms with Gasteiger partial charge in [0.25, 0.3) is 17.5 Å². The molecule has 0 atom stereocenters. The van der Waals surface area contributed by atoms with E-state index in [2.05, 4.69) is 21.2 Å². The SMILES string of the molecule is O=C1NC(=O)N(c2cccc([N+](=O)[O-])c2)C(=O)/C1=C/c1cc(Br)ccc1OCc1ccc(F)cc1. The Balaban J connectivity index is 1.68. The van der Waals surface area contributed by atoms with Gasteiger partial charge >= 0.3 is 6.03 Å². The van der Waals surface area contributed by atoms with Gasteiger partial charge in [-0.25, -0.2) is 14.1 Å². The van der Waals surface area contributed by atoms with Crippen molar-refractivity contribution < 1.29 is 28.4 Å². The Labute approximate surface area is 206 Å². The molecule has 0 radical (unpaired) electrons. The van der Waals surface area contributed by atoms with Gasteiger partial charge in [0.05, 0.1) is 10.6 Å². The molecular weight excluding hydrogens is 525 g/mol. The standard InChI is InChI=1S/C24H15BrFN3O6/c25-16-6-9-21(35-13-14-4-7-17(26)8-5-14)15(10-16)11-20-22(30)27-24(32)28(23(20)31)18-2-1-3-19(12-18)29(33)34/h1-12H,13H2,(H,27,30,32)/b20-11+. The van der Waals surface area contributed by atoms with Crippen LogP contribution in [0, 0.1) is 15.9 Å². The molecule has 1 saturated heterocycles. The monoisotopic (exact) mass is 539 g/mol. The lowest BCUT2D eigenvalue weighted by Crippen LogP contribution is -2.54. The molecule has 4 rings (SSSR count). The molecular formula is C24H15BrFN3O6. The van der Waals surface area contributed by atoms with Gasteiger partial charge < -0.3 is 4.74 Å². The third kappa shape index (κ3) is 5.25. The number of benzene rings is 3. The number of nitro benzene ring substituents is 1. The molecule has 4 amide bonds. The number of rotatable bonds is 6. The molecule has 35 heavy (non-hydrogen) atoms. The van der Waals surface area contributed by atoms with E-state index in [9.17, 15) is 28.9 Å². The van der Waals surface area contributed by atoms with Crippen molar-refractivity contribution in [2.24, 2.45) is 0 Å². The second-order valence-electron chi connectivity index (χ2n) is 7.33. The summed E-state index contributed by atoms with van der Waals surface area (Å²) >= 11 is 3.33. The molecule has 0 aromatic heterocycles. The molecule has 3 aromatic rings. The van der Waals surface area contributed by atoms with Gasteiger partial charge in [-0.1, -0.05) is 34.1 Å². The number of nitrogens with zero attached hydrogens (tertiary/aromatic N) is 2. The molecule has 3 aromatic carbocycles. The van der Waals surface area contributed by atoms with Gasteiger partial charge in [-0.2, -0.15) is 0 Å². The van der Waals surface area contributed by atoms with Crippen molar-refractivity contribution >= 4 is 51.2 Å². The van der Waals surface area contributed by atoms with Crippen LogP contribution in [0.5, 0.6) is 5.75 Å². The van der Waals surface area contributed by atoms with Crippen LogP contribution in [0.3, 0.4) is 0 Å². The molecule has 1 N–H and O–H groups in total. The van der Waals surface area contributed by atoms with Gasteiger partial charge in [-0.3, -0.25) is 25.0 Å². The number of anilines is 1. The lowest BCUT2D eigenvalue weighted by Gasteiger charge is -2.26. The fraction of sp³-hybridized carbons (Fsp3) is 0.0417. The Morgan fingerprint density at radius 1 is 1.06 bits per heavy atom. The van der Waals surface area contributed by atoms with Crippen LogP contribution >= 0.6 is 15.9 Å². The maximum absolute atomic E-state index is 13.2. The summed E-state index contributed by atoms with van der Waals surface area (Å²) < 4.78 is 19.6. The predicted octanol–water partition coefficient (Wildman–Crippen LogP) is 4.74. The summed E-state index contributed by atoms with van der Waals surface area (Å²) in [7, 11) is 0. The molecule has 1 fully saturated rings. The molecule has 1 aliphatic heterocycles. The van der Waals surface area contributed by atoms with E-state index in [1.807, 2.05) is 0 Å². The Morgan fingerprint density at radius 2 is 1.80 bits per heavy atom. The largest absolute Gasteiger partial charge is 0.488 e. The summed E-state index contributed by atoms with van der Waals surface area (Å²) in [4.78, 5) is 49.2. The number of nitro groups is 1. The molecule has 1 aliphatic rings. The van der Waals surface area contributed by atoms with E-state index in [-0.39, 0.29) is 29.4 Å². The van der Waals surface area contributed by atoms with Gasteiger partial charge in [0.15, 0.2) is 0 Å². The highest BCUT2D eigenvalue weighted by Gasteiger charge is 2.37. The van der Waals surface area contributed by atoms with Crippen molar-refractivity contribution in [1.29, 1.82) is 0 Å². The van der Waals surface area contributed by atoms with Gasteiger partial charge in [0, 0.05) is 22.2 Å². The molecule has 0 spiro atoms.